The average molecular weight is 269 g/mol. The fraction of sp³-hybridized carbons (Fsp3) is 0.235. The van der Waals surface area contributed by atoms with Gasteiger partial charge in [0.05, 0.1) is 0 Å². The summed E-state index contributed by atoms with van der Waals surface area (Å²) in [6.45, 7) is 6.09. The predicted octanol–water partition coefficient (Wildman–Crippen LogP) is 3.73. The Bertz CT molecular complexity index is 603. The van der Waals surface area contributed by atoms with Crippen LogP contribution >= 0.6 is 0 Å². The number of nitrogens with one attached hydrogen (secondary N) is 1. The summed E-state index contributed by atoms with van der Waals surface area (Å²) in [5, 5.41) is 2.79. The maximum atomic E-state index is 11.0. The molecule has 0 aromatic heterocycles. The van der Waals surface area contributed by atoms with E-state index in [1.54, 1.807) is 0 Å². The molecule has 0 aliphatic heterocycles. The summed E-state index contributed by atoms with van der Waals surface area (Å²) in [6, 6.07) is 13.9. The zero-order valence-electron chi connectivity index (χ0n) is 12.1. The molecule has 20 heavy (non-hydrogen) atoms. The number of hydrogen-bond donors (Lipinski definition) is 1. The highest BCUT2D eigenvalue weighted by atomic mass is 16.5. The Kier molecular flexibility index (Phi) is 4.41. The molecule has 0 saturated heterocycles. The molecular formula is C17H19NO2. The number of ether oxygens (including phenoxy) is 1. The normalized spacial score (nSPS) is 10.2. The second-order valence-corrected chi connectivity index (χ2v) is 4.98. The summed E-state index contributed by atoms with van der Waals surface area (Å²) in [5.74, 6) is 1.56. The van der Waals surface area contributed by atoms with E-state index < -0.39 is 0 Å². The van der Waals surface area contributed by atoms with Crippen LogP contribution in [0.1, 0.15) is 23.6 Å². The van der Waals surface area contributed by atoms with Gasteiger partial charge in [0, 0.05) is 13.5 Å². The van der Waals surface area contributed by atoms with E-state index in [-0.39, 0.29) is 5.91 Å². The van der Waals surface area contributed by atoms with E-state index in [0.29, 0.717) is 6.54 Å². The summed E-state index contributed by atoms with van der Waals surface area (Å²) in [4.78, 5) is 11.0. The minimum atomic E-state index is -0.0347. The maximum Gasteiger partial charge on any atom is 0.217 e. The lowest BCUT2D eigenvalue weighted by atomic mass is 10.1. The third-order valence-electron chi connectivity index (χ3n) is 2.91. The average Bonchev–Trinajstić information content (AvgIpc) is 2.38. The van der Waals surface area contributed by atoms with Crippen LogP contribution in [0.2, 0.25) is 0 Å². The molecule has 0 heterocycles. The highest BCUT2D eigenvalue weighted by molar-refractivity contribution is 5.72. The highest BCUT2D eigenvalue weighted by Gasteiger charge is 2.02. The molecule has 0 bridgehead atoms. The van der Waals surface area contributed by atoms with Gasteiger partial charge in [0.15, 0.2) is 0 Å². The summed E-state index contributed by atoms with van der Waals surface area (Å²) in [5.41, 5.74) is 3.34. The van der Waals surface area contributed by atoms with E-state index in [0.717, 1.165) is 22.6 Å². The number of hydrogen-bond acceptors (Lipinski definition) is 2. The highest BCUT2D eigenvalue weighted by Crippen LogP contribution is 2.24. The van der Waals surface area contributed by atoms with Crippen molar-refractivity contribution in [2.24, 2.45) is 0 Å². The molecule has 1 N–H and O–H groups in total. The third-order valence-corrected chi connectivity index (χ3v) is 2.91. The largest absolute Gasteiger partial charge is 0.457 e. The van der Waals surface area contributed by atoms with Gasteiger partial charge in [-0.1, -0.05) is 23.8 Å². The van der Waals surface area contributed by atoms with Gasteiger partial charge in [0.2, 0.25) is 5.91 Å². The van der Waals surface area contributed by atoms with E-state index in [9.17, 15) is 4.79 Å². The minimum absolute atomic E-state index is 0.0347. The van der Waals surface area contributed by atoms with Gasteiger partial charge in [-0.2, -0.15) is 0 Å². The van der Waals surface area contributed by atoms with Gasteiger partial charge >= 0.3 is 0 Å². The Morgan fingerprint density at radius 3 is 2.35 bits per heavy atom. The Morgan fingerprint density at radius 1 is 1.00 bits per heavy atom. The van der Waals surface area contributed by atoms with Crippen LogP contribution in [-0.4, -0.2) is 5.91 Å². The minimum Gasteiger partial charge on any atom is -0.457 e. The molecule has 3 heteroatoms. The van der Waals surface area contributed by atoms with E-state index in [2.05, 4.69) is 5.32 Å². The van der Waals surface area contributed by atoms with Gasteiger partial charge in [-0.15, -0.1) is 0 Å². The molecule has 0 fully saturated rings. The topological polar surface area (TPSA) is 38.3 Å². The van der Waals surface area contributed by atoms with Crippen molar-refractivity contribution >= 4 is 5.91 Å². The number of rotatable bonds is 4. The first-order valence-corrected chi connectivity index (χ1v) is 6.62. The molecule has 0 radical (unpaired) electrons. The van der Waals surface area contributed by atoms with Crippen molar-refractivity contribution in [2.75, 3.05) is 0 Å². The van der Waals surface area contributed by atoms with E-state index in [1.165, 1.54) is 12.5 Å². The van der Waals surface area contributed by atoms with E-state index in [4.69, 9.17) is 4.74 Å². The molecule has 3 nitrogen and oxygen atoms in total. The van der Waals surface area contributed by atoms with Crippen molar-refractivity contribution in [3.8, 4) is 11.5 Å². The van der Waals surface area contributed by atoms with Crippen molar-refractivity contribution in [3.05, 3.63) is 59.2 Å². The summed E-state index contributed by atoms with van der Waals surface area (Å²) >= 11 is 0. The van der Waals surface area contributed by atoms with Gasteiger partial charge in [0.1, 0.15) is 11.5 Å². The molecule has 0 aliphatic rings. The fourth-order valence-corrected chi connectivity index (χ4v) is 1.95. The fourth-order valence-electron chi connectivity index (χ4n) is 1.95. The van der Waals surface area contributed by atoms with Crippen LogP contribution in [-0.2, 0) is 11.3 Å². The molecule has 0 saturated carbocycles. The van der Waals surface area contributed by atoms with Gasteiger partial charge in [-0.3, -0.25) is 4.79 Å². The number of aryl methyl sites for hydroxylation is 2. The lowest BCUT2D eigenvalue weighted by Gasteiger charge is -2.10. The number of carbonyl (C=O) groups excluding carboxylic acids is 1. The van der Waals surface area contributed by atoms with Gasteiger partial charge in [-0.25, -0.2) is 0 Å². The summed E-state index contributed by atoms with van der Waals surface area (Å²) in [6.07, 6.45) is 0. The quantitative estimate of drug-likeness (QED) is 0.918. The van der Waals surface area contributed by atoms with Gasteiger partial charge in [0.25, 0.3) is 0 Å². The number of benzene rings is 2. The number of carbonyl (C=O) groups is 1. The Hall–Kier alpha value is -2.29. The Morgan fingerprint density at radius 2 is 1.70 bits per heavy atom. The number of amides is 1. The van der Waals surface area contributed by atoms with Crippen LogP contribution in [0.4, 0.5) is 0 Å². The standard InChI is InChI=1S/C17H19NO2/c1-12-4-6-16(7-5-12)20-17-9-13(2)8-15(10-17)11-18-14(3)19/h4-10H,11H2,1-3H3,(H,18,19). The van der Waals surface area contributed by atoms with Crippen molar-refractivity contribution < 1.29 is 9.53 Å². The molecule has 0 unspecified atom stereocenters. The molecule has 1 amide bonds. The van der Waals surface area contributed by atoms with E-state index >= 15 is 0 Å². The lowest BCUT2D eigenvalue weighted by molar-refractivity contribution is -0.119. The molecule has 0 aliphatic carbocycles. The first-order valence-electron chi connectivity index (χ1n) is 6.62. The molecule has 2 rings (SSSR count). The van der Waals surface area contributed by atoms with Crippen molar-refractivity contribution in [1.82, 2.24) is 5.32 Å². The zero-order chi connectivity index (χ0) is 14.5. The molecule has 0 atom stereocenters. The monoisotopic (exact) mass is 269 g/mol. The van der Waals surface area contributed by atoms with Crippen molar-refractivity contribution in [1.29, 1.82) is 0 Å². The Labute approximate surface area is 119 Å². The lowest BCUT2D eigenvalue weighted by Crippen LogP contribution is -2.18. The molecule has 2 aromatic carbocycles. The zero-order valence-corrected chi connectivity index (χ0v) is 12.1. The SMILES string of the molecule is CC(=O)NCc1cc(C)cc(Oc2ccc(C)cc2)c1. The third kappa shape index (κ3) is 4.12. The smallest absolute Gasteiger partial charge is 0.217 e. The summed E-state index contributed by atoms with van der Waals surface area (Å²) < 4.78 is 5.85. The van der Waals surface area contributed by atoms with Gasteiger partial charge in [-0.05, 0) is 49.2 Å². The van der Waals surface area contributed by atoms with Crippen LogP contribution in [0.15, 0.2) is 42.5 Å². The van der Waals surface area contributed by atoms with Crippen LogP contribution in [0.5, 0.6) is 11.5 Å². The van der Waals surface area contributed by atoms with Crippen LogP contribution in [0, 0.1) is 13.8 Å². The second kappa shape index (κ2) is 6.24. The van der Waals surface area contributed by atoms with E-state index in [1.807, 2.05) is 56.3 Å². The summed E-state index contributed by atoms with van der Waals surface area (Å²) in [7, 11) is 0. The van der Waals surface area contributed by atoms with Crippen LogP contribution < -0.4 is 10.1 Å². The Balaban J connectivity index is 2.14. The first kappa shape index (κ1) is 14.1. The molecular weight excluding hydrogens is 250 g/mol. The second-order valence-electron chi connectivity index (χ2n) is 4.98. The van der Waals surface area contributed by atoms with Gasteiger partial charge < -0.3 is 10.1 Å². The van der Waals surface area contributed by atoms with Crippen LogP contribution in [0.25, 0.3) is 0 Å². The molecule has 0 spiro atoms. The first-order chi connectivity index (χ1) is 9.52. The molecule has 2 aromatic rings. The van der Waals surface area contributed by atoms with Crippen molar-refractivity contribution in [2.45, 2.75) is 27.3 Å². The molecule has 104 valence electrons. The van der Waals surface area contributed by atoms with Crippen LogP contribution in [0.3, 0.4) is 0 Å². The maximum absolute atomic E-state index is 11.0. The predicted molar refractivity (Wildman–Crippen MR) is 80.0 cm³/mol. The van der Waals surface area contributed by atoms with Crippen molar-refractivity contribution in [3.63, 3.8) is 0 Å².